The number of methoxy groups -OCH3 is 1. The molecule has 0 saturated carbocycles. The maximum absolute atomic E-state index is 12.8. The third-order valence-corrected chi connectivity index (χ3v) is 11.6. The molecule has 2 saturated heterocycles. The number of carbonyl (C=O) groups excluding carboxylic acids is 1. The number of hydrogen-bond acceptors (Lipinski definition) is 8. The van der Waals surface area contributed by atoms with Gasteiger partial charge in [0.15, 0.2) is 6.10 Å². The van der Waals surface area contributed by atoms with Crippen LogP contribution in [0, 0.1) is 6.92 Å². The predicted molar refractivity (Wildman–Crippen MR) is 202 cm³/mol. The Hall–Kier alpha value is -4.03. The van der Waals surface area contributed by atoms with Crippen molar-refractivity contribution in [1.82, 2.24) is 24.3 Å². The fraction of sp³-hybridized carbons (Fsp3) is 0.436. The smallest absolute Gasteiger partial charge is 0.409 e. The van der Waals surface area contributed by atoms with E-state index in [1.165, 1.54) is 24.0 Å². The lowest BCUT2D eigenvalue weighted by molar-refractivity contribution is -0.160. The summed E-state index contributed by atoms with van der Waals surface area (Å²) in [5.41, 5.74) is 6.31. The summed E-state index contributed by atoms with van der Waals surface area (Å²) in [6.45, 7) is 11.0. The summed E-state index contributed by atoms with van der Waals surface area (Å²) in [5.74, 6) is -0.649. The molecule has 51 heavy (non-hydrogen) atoms. The first-order chi connectivity index (χ1) is 24.3. The van der Waals surface area contributed by atoms with Crippen LogP contribution in [0.2, 0.25) is 5.02 Å². The fourth-order valence-corrected chi connectivity index (χ4v) is 9.04. The van der Waals surface area contributed by atoms with Crippen LogP contribution in [0.25, 0.3) is 42.9 Å². The number of nitrogens with zero attached hydrogens (tertiary/aromatic N) is 5. The van der Waals surface area contributed by atoms with E-state index in [2.05, 4.69) is 21.7 Å². The lowest BCUT2D eigenvalue weighted by Crippen LogP contribution is -2.43. The van der Waals surface area contributed by atoms with Crippen LogP contribution in [0.5, 0.6) is 0 Å². The molecule has 1 N–H and O–H groups in total. The molecule has 0 aliphatic carbocycles. The van der Waals surface area contributed by atoms with Gasteiger partial charge in [-0.25, -0.2) is 19.6 Å². The number of carboxylic acid groups (broad SMARTS) is 1. The van der Waals surface area contributed by atoms with Crippen LogP contribution in [0.1, 0.15) is 68.7 Å². The van der Waals surface area contributed by atoms with Crippen molar-refractivity contribution in [2.75, 3.05) is 33.3 Å². The monoisotopic (exact) mass is 729 g/mol. The molecule has 5 heterocycles. The number of aryl methyl sites for hydroxylation is 2. The highest BCUT2D eigenvalue weighted by Crippen LogP contribution is 2.45. The number of piperidine rings is 1. The molecule has 1 amide bonds. The minimum atomic E-state index is -1.18. The second kappa shape index (κ2) is 13.8. The summed E-state index contributed by atoms with van der Waals surface area (Å²) < 4.78 is 14.1. The largest absolute Gasteiger partial charge is 0.479 e. The molecule has 10 nitrogen and oxygen atoms in total. The summed E-state index contributed by atoms with van der Waals surface area (Å²) in [7, 11) is 3.49. The zero-order valence-electron chi connectivity index (χ0n) is 29.9. The molecular formula is C39H44ClN5O5S. The van der Waals surface area contributed by atoms with Crippen molar-refractivity contribution >= 4 is 56.3 Å². The first-order valence-electron chi connectivity index (χ1n) is 17.4. The summed E-state index contributed by atoms with van der Waals surface area (Å²) >= 11 is 7.83. The topological polar surface area (TPSA) is 110 Å². The minimum Gasteiger partial charge on any atom is -0.479 e. The van der Waals surface area contributed by atoms with E-state index in [-0.39, 0.29) is 6.09 Å². The van der Waals surface area contributed by atoms with E-state index in [1.807, 2.05) is 71.3 Å². The maximum atomic E-state index is 12.8. The van der Waals surface area contributed by atoms with Crippen molar-refractivity contribution in [3.63, 3.8) is 0 Å². The molecule has 268 valence electrons. The first kappa shape index (κ1) is 35.4. The number of likely N-dealkylation sites (tertiary alicyclic amines) is 2. The number of amides is 1. The standard InChI is InChI=1S/C39H44ClN5O5S/c1-22-17-30-34(32(24-7-9-26(40)10-8-24)31(22)33(37(46)47)50-39(2,3)4)51-36(42-30)25-18-28-29(21-43(5)35(28)41-19-25)23-11-14-44(15-12-23)27-13-16-45(20-27)38(48)49-6/h7-10,17-19,21,23,27,33H,11-16,20H2,1-6H3,(H,46,47)/t27?,33-/m0/s1. The summed E-state index contributed by atoms with van der Waals surface area (Å²) in [6, 6.07) is 12.0. The molecule has 0 spiro atoms. The second-order valence-electron chi connectivity index (χ2n) is 14.8. The van der Waals surface area contributed by atoms with Crippen LogP contribution >= 0.6 is 22.9 Å². The number of aliphatic carboxylic acids is 1. The van der Waals surface area contributed by atoms with Gasteiger partial charge in [0.05, 0.1) is 22.9 Å². The normalized spacial score (nSPS) is 18.2. The van der Waals surface area contributed by atoms with Gasteiger partial charge in [-0.15, -0.1) is 11.3 Å². The number of rotatable bonds is 7. The zero-order valence-corrected chi connectivity index (χ0v) is 31.5. The number of pyridine rings is 1. The minimum absolute atomic E-state index is 0.240. The third kappa shape index (κ3) is 6.96. The van der Waals surface area contributed by atoms with E-state index >= 15 is 0 Å². The summed E-state index contributed by atoms with van der Waals surface area (Å²) in [4.78, 5) is 39.2. The molecule has 2 aliphatic heterocycles. The average molecular weight is 730 g/mol. The van der Waals surface area contributed by atoms with Gasteiger partial charge in [-0.1, -0.05) is 23.7 Å². The van der Waals surface area contributed by atoms with E-state index in [1.54, 1.807) is 4.90 Å². The fourth-order valence-electron chi connectivity index (χ4n) is 7.81. The molecule has 12 heteroatoms. The Balaban J connectivity index is 1.24. The summed E-state index contributed by atoms with van der Waals surface area (Å²) in [5, 5.41) is 13.0. The van der Waals surface area contributed by atoms with Crippen molar-refractivity contribution < 1.29 is 24.2 Å². The Morgan fingerprint density at radius 1 is 1.06 bits per heavy atom. The Morgan fingerprint density at radius 2 is 1.78 bits per heavy atom. The molecule has 7 rings (SSSR count). The van der Waals surface area contributed by atoms with Crippen molar-refractivity contribution in [2.45, 2.75) is 70.6 Å². The molecular weight excluding hydrogens is 686 g/mol. The highest BCUT2D eigenvalue weighted by atomic mass is 35.5. The van der Waals surface area contributed by atoms with Crippen LogP contribution in [0.15, 0.2) is 48.8 Å². The van der Waals surface area contributed by atoms with E-state index in [9.17, 15) is 14.7 Å². The highest BCUT2D eigenvalue weighted by Gasteiger charge is 2.35. The molecule has 2 fully saturated rings. The van der Waals surface area contributed by atoms with E-state index in [0.29, 0.717) is 22.5 Å². The van der Waals surface area contributed by atoms with E-state index in [4.69, 9.17) is 31.0 Å². The molecule has 2 atom stereocenters. The summed E-state index contributed by atoms with van der Waals surface area (Å²) in [6.07, 6.45) is 5.74. The molecule has 1 unspecified atom stereocenters. The second-order valence-corrected chi connectivity index (χ2v) is 16.2. The number of benzene rings is 2. The Morgan fingerprint density at radius 3 is 2.45 bits per heavy atom. The quantitative estimate of drug-likeness (QED) is 0.178. The van der Waals surface area contributed by atoms with Gasteiger partial charge in [0.1, 0.15) is 10.7 Å². The molecule has 2 aliphatic rings. The molecule has 2 aromatic carbocycles. The molecule has 5 aromatic rings. The van der Waals surface area contributed by atoms with Crippen LogP contribution in [0.3, 0.4) is 0 Å². The van der Waals surface area contributed by atoms with Gasteiger partial charge in [0.25, 0.3) is 0 Å². The number of halogens is 1. The number of thiazole rings is 1. The molecule has 0 bridgehead atoms. The van der Waals surface area contributed by atoms with Crippen LogP contribution in [-0.2, 0) is 21.3 Å². The van der Waals surface area contributed by atoms with Crippen LogP contribution < -0.4 is 0 Å². The van der Waals surface area contributed by atoms with Crippen molar-refractivity contribution in [2.24, 2.45) is 7.05 Å². The van der Waals surface area contributed by atoms with Gasteiger partial charge in [-0.3, -0.25) is 4.90 Å². The first-order valence-corrected chi connectivity index (χ1v) is 18.6. The zero-order chi connectivity index (χ0) is 36.2. The molecule has 0 radical (unpaired) electrons. The third-order valence-electron chi connectivity index (χ3n) is 10.2. The van der Waals surface area contributed by atoms with Gasteiger partial charge in [0, 0.05) is 65.7 Å². The van der Waals surface area contributed by atoms with Gasteiger partial charge in [0.2, 0.25) is 0 Å². The van der Waals surface area contributed by atoms with Gasteiger partial charge in [-0.05, 0) is 107 Å². The number of carbonyl (C=O) groups is 2. The van der Waals surface area contributed by atoms with E-state index in [0.717, 1.165) is 94.0 Å². The lowest BCUT2D eigenvalue weighted by atomic mass is 9.88. The van der Waals surface area contributed by atoms with Gasteiger partial charge in [-0.2, -0.15) is 0 Å². The Labute approximate surface area is 306 Å². The number of carboxylic acids is 1. The molecule has 3 aromatic heterocycles. The number of hydrogen-bond donors (Lipinski definition) is 1. The SMILES string of the molecule is COC(=O)N1CCC(N2CCC(c3cn(C)c4ncc(-c5nc6cc(C)c([C@H](OC(C)(C)C)C(=O)O)c(-c7ccc(Cl)cc7)c6s5)cc34)CC2)C1. The Kier molecular flexibility index (Phi) is 9.60. The Bertz CT molecular complexity index is 2110. The lowest BCUT2D eigenvalue weighted by Gasteiger charge is -2.35. The number of ether oxygens (including phenoxy) is 2. The van der Waals surface area contributed by atoms with Gasteiger partial charge >= 0.3 is 12.1 Å². The van der Waals surface area contributed by atoms with Crippen molar-refractivity contribution in [1.29, 1.82) is 0 Å². The van der Waals surface area contributed by atoms with Crippen LogP contribution in [0.4, 0.5) is 4.79 Å². The predicted octanol–water partition coefficient (Wildman–Crippen LogP) is 8.44. The van der Waals surface area contributed by atoms with Crippen LogP contribution in [-0.4, -0.2) is 86.4 Å². The van der Waals surface area contributed by atoms with Crippen molar-refractivity contribution in [3.05, 3.63) is 70.5 Å². The maximum Gasteiger partial charge on any atom is 0.409 e. The number of aromatic nitrogens is 3. The highest BCUT2D eigenvalue weighted by molar-refractivity contribution is 7.22. The number of fused-ring (bicyclic) bond motifs is 2. The van der Waals surface area contributed by atoms with Gasteiger partial charge < -0.3 is 24.0 Å². The average Bonchev–Trinajstić information content (AvgIpc) is 3.84. The van der Waals surface area contributed by atoms with Crippen molar-refractivity contribution in [3.8, 4) is 21.7 Å². The van der Waals surface area contributed by atoms with E-state index < -0.39 is 17.7 Å².